The van der Waals surface area contributed by atoms with Crippen LogP contribution in [0.5, 0.6) is 0 Å². The summed E-state index contributed by atoms with van der Waals surface area (Å²) >= 11 is 0. The minimum absolute atomic E-state index is 0.0135. The zero-order valence-electron chi connectivity index (χ0n) is 8.37. The minimum Gasteiger partial charge on any atom is -0.391 e. The van der Waals surface area contributed by atoms with Crippen LogP contribution in [0, 0.1) is 0 Å². The van der Waals surface area contributed by atoms with Crippen molar-refractivity contribution >= 4 is 6.21 Å². The first-order valence-electron chi connectivity index (χ1n) is 4.54. The molecule has 0 atom stereocenters. The highest BCUT2D eigenvalue weighted by atomic mass is 19.4. The predicted molar refractivity (Wildman–Crippen MR) is 53.8 cm³/mol. The van der Waals surface area contributed by atoms with Crippen LogP contribution in [0.2, 0.25) is 0 Å². The number of benzene rings is 1. The van der Waals surface area contributed by atoms with Crippen LogP contribution in [-0.2, 0) is 17.6 Å². The van der Waals surface area contributed by atoms with Gasteiger partial charge in [-0.1, -0.05) is 17.3 Å². The van der Waals surface area contributed by atoms with Crippen LogP contribution < -0.4 is 5.73 Å². The minimum atomic E-state index is -4.34. The summed E-state index contributed by atoms with van der Waals surface area (Å²) in [6, 6.07) is 4.89. The fraction of sp³-hybridized carbons (Fsp3) is 0.300. The van der Waals surface area contributed by atoms with E-state index in [9.17, 15) is 13.2 Å². The smallest absolute Gasteiger partial charge is 0.391 e. The summed E-state index contributed by atoms with van der Waals surface area (Å²) < 4.78 is 37.0. The highest BCUT2D eigenvalue weighted by Gasteiger charge is 2.30. The molecule has 6 heteroatoms. The average molecular weight is 232 g/mol. The molecule has 2 N–H and O–H groups in total. The first kappa shape index (κ1) is 12.5. The largest absolute Gasteiger partial charge is 0.416 e. The molecule has 0 spiro atoms. The Balaban J connectivity index is 2.65. The summed E-state index contributed by atoms with van der Waals surface area (Å²) in [5.74, 6) is 0. The van der Waals surface area contributed by atoms with E-state index in [0.717, 1.165) is 12.1 Å². The van der Waals surface area contributed by atoms with Gasteiger partial charge in [0.1, 0.15) is 6.61 Å². The second-order valence-electron chi connectivity index (χ2n) is 3.00. The maximum absolute atomic E-state index is 12.3. The Bertz CT molecular complexity index is 363. The Morgan fingerprint density at radius 3 is 2.75 bits per heavy atom. The molecule has 0 aliphatic carbocycles. The molecule has 0 aliphatic rings. The van der Waals surface area contributed by atoms with E-state index in [1.165, 1.54) is 18.3 Å². The van der Waals surface area contributed by atoms with Gasteiger partial charge in [0.2, 0.25) is 0 Å². The van der Waals surface area contributed by atoms with Crippen LogP contribution in [0.25, 0.3) is 0 Å². The van der Waals surface area contributed by atoms with Crippen molar-refractivity contribution in [2.24, 2.45) is 10.9 Å². The van der Waals surface area contributed by atoms with Gasteiger partial charge in [-0.3, -0.25) is 0 Å². The Kier molecular flexibility index (Phi) is 4.30. The van der Waals surface area contributed by atoms with E-state index in [-0.39, 0.29) is 13.2 Å². The highest BCUT2D eigenvalue weighted by Crippen LogP contribution is 2.29. The van der Waals surface area contributed by atoms with E-state index < -0.39 is 11.7 Å². The standard InChI is InChI=1S/C10H11F3N2O/c11-10(12,13)9-3-1-2-8(6-9)7-16-15-5-4-14/h1-3,5-6H,4,7,14H2/b15-5+. The van der Waals surface area contributed by atoms with Gasteiger partial charge in [0.15, 0.2) is 0 Å². The Morgan fingerprint density at radius 2 is 2.12 bits per heavy atom. The van der Waals surface area contributed by atoms with Crippen LogP contribution in [-0.4, -0.2) is 12.8 Å². The molecular weight excluding hydrogens is 221 g/mol. The zero-order chi connectivity index (χ0) is 12.0. The second kappa shape index (κ2) is 5.50. The third-order valence-electron chi connectivity index (χ3n) is 1.74. The number of rotatable bonds is 4. The number of alkyl halides is 3. The Morgan fingerprint density at radius 1 is 1.38 bits per heavy atom. The number of halogens is 3. The first-order chi connectivity index (χ1) is 7.54. The van der Waals surface area contributed by atoms with Crippen LogP contribution in [0.1, 0.15) is 11.1 Å². The molecule has 3 nitrogen and oxygen atoms in total. The van der Waals surface area contributed by atoms with E-state index in [2.05, 4.69) is 5.16 Å². The summed E-state index contributed by atoms with van der Waals surface area (Å²) in [4.78, 5) is 4.75. The normalized spacial score (nSPS) is 12.0. The third-order valence-corrected chi connectivity index (χ3v) is 1.74. The summed E-state index contributed by atoms with van der Waals surface area (Å²) in [6.45, 7) is 0.211. The zero-order valence-corrected chi connectivity index (χ0v) is 8.37. The fourth-order valence-corrected chi connectivity index (χ4v) is 1.04. The predicted octanol–water partition coefficient (Wildman–Crippen LogP) is 2.17. The van der Waals surface area contributed by atoms with Crippen LogP contribution in [0.15, 0.2) is 29.4 Å². The molecule has 0 unspecified atom stereocenters. The van der Waals surface area contributed by atoms with Gasteiger partial charge in [-0.2, -0.15) is 13.2 Å². The molecule has 0 aliphatic heterocycles. The second-order valence-corrected chi connectivity index (χ2v) is 3.00. The van der Waals surface area contributed by atoms with Gasteiger partial charge in [0, 0.05) is 6.54 Å². The number of nitrogens with two attached hydrogens (primary N) is 1. The van der Waals surface area contributed by atoms with Gasteiger partial charge in [-0.25, -0.2) is 0 Å². The topological polar surface area (TPSA) is 47.6 Å². The molecule has 1 rings (SSSR count). The van der Waals surface area contributed by atoms with Crippen LogP contribution >= 0.6 is 0 Å². The van der Waals surface area contributed by atoms with Crippen molar-refractivity contribution in [3.63, 3.8) is 0 Å². The lowest BCUT2D eigenvalue weighted by atomic mass is 10.1. The van der Waals surface area contributed by atoms with Crippen molar-refractivity contribution in [1.29, 1.82) is 0 Å². The fourth-order valence-electron chi connectivity index (χ4n) is 1.04. The summed E-state index contributed by atoms with van der Waals surface area (Å²) in [6.07, 6.45) is -3.01. The van der Waals surface area contributed by atoms with E-state index >= 15 is 0 Å². The van der Waals surface area contributed by atoms with Gasteiger partial charge in [-0.15, -0.1) is 0 Å². The molecule has 0 bridgehead atoms. The Labute approximate surface area is 90.7 Å². The Hall–Kier alpha value is -1.56. The maximum Gasteiger partial charge on any atom is 0.416 e. The molecule has 0 fully saturated rings. The molecule has 0 saturated heterocycles. The first-order valence-corrected chi connectivity index (χ1v) is 4.54. The van der Waals surface area contributed by atoms with Gasteiger partial charge in [-0.05, 0) is 17.7 Å². The lowest BCUT2D eigenvalue weighted by Gasteiger charge is -2.07. The number of oxime groups is 1. The quantitative estimate of drug-likeness (QED) is 0.638. The van der Waals surface area contributed by atoms with E-state index in [0.29, 0.717) is 5.56 Å². The van der Waals surface area contributed by atoms with E-state index in [1.807, 2.05) is 0 Å². The SMILES string of the molecule is NC/C=N/OCc1cccc(C(F)(F)F)c1. The van der Waals surface area contributed by atoms with E-state index in [4.69, 9.17) is 10.6 Å². The van der Waals surface area contributed by atoms with Crippen molar-refractivity contribution in [3.05, 3.63) is 35.4 Å². The average Bonchev–Trinajstić information content (AvgIpc) is 2.24. The van der Waals surface area contributed by atoms with Crippen molar-refractivity contribution in [2.75, 3.05) is 6.54 Å². The molecule has 0 aromatic heterocycles. The number of nitrogens with zero attached hydrogens (tertiary/aromatic N) is 1. The molecule has 0 radical (unpaired) electrons. The molecule has 88 valence electrons. The molecule has 16 heavy (non-hydrogen) atoms. The van der Waals surface area contributed by atoms with Crippen molar-refractivity contribution in [3.8, 4) is 0 Å². The monoisotopic (exact) mass is 232 g/mol. The lowest BCUT2D eigenvalue weighted by Crippen LogP contribution is -2.05. The molecule has 0 saturated carbocycles. The van der Waals surface area contributed by atoms with Crippen molar-refractivity contribution in [2.45, 2.75) is 12.8 Å². The number of hydrogen-bond donors (Lipinski definition) is 1. The van der Waals surface area contributed by atoms with Crippen LogP contribution in [0.4, 0.5) is 13.2 Å². The van der Waals surface area contributed by atoms with Gasteiger partial charge in [0.25, 0.3) is 0 Å². The molecule has 1 aromatic carbocycles. The van der Waals surface area contributed by atoms with Crippen molar-refractivity contribution in [1.82, 2.24) is 0 Å². The molecular formula is C10H11F3N2O. The summed E-state index contributed by atoms with van der Waals surface area (Å²) in [5, 5.41) is 3.45. The molecule has 1 aromatic rings. The maximum atomic E-state index is 12.3. The third kappa shape index (κ3) is 3.90. The molecule has 0 heterocycles. The van der Waals surface area contributed by atoms with E-state index in [1.54, 1.807) is 0 Å². The van der Waals surface area contributed by atoms with Gasteiger partial charge >= 0.3 is 6.18 Å². The van der Waals surface area contributed by atoms with Crippen LogP contribution in [0.3, 0.4) is 0 Å². The lowest BCUT2D eigenvalue weighted by molar-refractivity contribution is -0.137. The summed E-state index contributed by atoms with van der Waals surface area (Å²) in [5.41, 5.74) is 4.82. The van der Waals surface area contributed by atoms with Crippen molar-refractivity contribution < 1.29 is 18.0 Å². The highest BCUT2D eigenvalue weighted by molar-refractivity contribution is 5.58. The number of hydrogen-bond acceptors (Lipinski definition) is 3. The summed E-state index contributed by atoms with van der Waals surface area (Å²) in [7, 11) is 0. The molecule has 0 amide bonds. The van der Waals surface area contributed by atoms with Gasteiger partial charge in [0.05, 0.1) is 11.8 Å². The van der Waals surface area contributed by atoms with Gasteiger partial charge < -0.3 is 10.6 Å².